The van der Waals surface area contributed by atoms with Crippen molar-refractivity contribution in [3.8, 4) is 5.75 Å². The van der Waals surface area contributed by atoms with Crippen LogP contribution in [0.3, 0.4) is 0 Å². The molecule has 1 aromatic carbocycles. The van der Waals surface area contributed by atoms with E-state index < -0.39 is 12.7 Å². The normalized spacial score (nSPS) is 18.4. The van der Waals surface area contributed by atoms with E-state index in [2.05, 4.69) is 26.0 Å². The van der Waals surface area contributed by atoms with Crippen molar-refractivity contribution in [3.05, 3.63) is 22.7 Å². The number of rotatable bonds is 0. The molecule has 0 bridgehead atoms. The summed E-state index contributed by atoms with van der Waals surface area (Å²) >= 11 is 3.24. The van der Waals surface area contributed by atoms with E-state index in [1.165, 1.54) is 6.07 Å². The van der Waals surface area contributed by atoms with Gasteiger partial charge in [0.1, 0.15) is 12.3 Å². The van der Waals surface area contributed by atoms with Crippen molar-refractivity contribution in [1.29, 1.82) is 0 Å². The highest BCUT2D eigenvalue weighted by molar-refractivity contribution is 9.10. The zero-order chi connectivity index (χ0) is 9.47. The summed E-state index contributed by atoms with van der Waals surface area (Å²) in [5, 5.41) is 2.59. The van der Waals surface area contributed by atoms with Crippen molar-refractivity contribution in [2.24, 2.45) is 0 Å². The molecule has 0 saturated heterocycles. The van der Waals surface area contributed by atoms with E-state index in [0.29, 0.717) is 5.69 Å². The second kappa shape index (κ2) is 2.83. The van der Waals surface area contributed by atoms with Crippen LogP contribution in [0.25, 0.3) is 0 Å². The molecule has 13 heavy (non-hydrogen) atoms. The molecule has 2 nitrogen and oxygen atoms in total. The minimum atomic E-state index is -3.11. The predicted molar refractivity (Wildman–Crippen MR) is 48.2 cm³/mol. The average Bonchev–Trinajstić information content (AvgIpc) is 2.05. The Bertz CT molecular complexity index is 343. The SMILES string of the molecule is FC1(F)CNc2cc(Br)ccc2O1. The molecule has 1 heterocycles. The van der Waals surface area contributed by atoms with E-state index in [0.717, 1.165) is 4.47 Å². The first-order valence-corrected chi connectivity index (χ1v) is 4.46. The fourth-order valence-corrected chi connectivity index (χ4v) is 1.49. The second-order valence-corrected chi connectivity index (χ2v) is 3.65. The summed E-state index contributed by atoms with van der Waals surface area (Å²) in [6.45, 7) is -0.490. The first-order chi connectivity index (χ1) is 6.07. The number of ether oxygens (including phenoxy) is 1. The van der Waals surface area contributed by atoms with Crippen LogP contribution in [0.4, 0.5) is 14.5 Å². The standard InChI is InChI=1S/C8H6BrF2NO/c9-5-1-2-7-6(3-5)12-4-8(10,11)13-7/h1-3,12H,4H2. The Morgan fingerprint density at radius 3 is 3.00 bits per heavy atom. The molecule has 0 amide bonds. The zero-order valence-electron chi connectivity index (χ0n) is 6.48. The number of hydrogen-bond acceptors (Lipinski definition) is 2. The van der Waals surface area contributed by atoms with Crippen molar-refractivity contribution in [3.63, 3.8) is 0 Å². The molecular formula is C8H6BrF2NO. The second-order valence-electron chi connectivity index (χ2n) is 2.73. The number of nitrogens with one attached hydrogen (secondary N) is 1. The molecular weight excluding hydrogens is 244 g/mol. The number of fused-ring (bicyclic) bond motifs is 1. The third kappa shape index (κ3) is 1.75. The Labute approximate surface area is 82.0 Å². The summed E-state index contributed by atoms with van der Waals surface area (Å²) in [7, 11) is 0. The lowest BCUT2D eigenvalue weighted by molar-refractivity contribution is -0.166. The quantitative estimate of drug-likeness (QED) is 0.764. The summed E-state index contributed by atoms with van der Waals surface area (Å²) in [4.78, 5) is 0. The Morgan fingerprint density at radius 2 is 2.23 bits per heavy atom. The Hall–Kier alpha value is -0.840. The third-order valence-electron chi connectivity index (χ3n) is 1.69. The van der Waals surface area contributed by atoms with Crippen molar-refractivity contribution in [2.75, 3.05) is 11.9 Å². The van der Waals surface area contributed by atoms with E-state index in [-0.39, 0.29) is 5.75 Å². The molecule has 0 aliphatic carbocycles. The lowest BCUT2D eigenvalue weighted by Gasteiger charge is -2.26. The maximum absolute atomic E-state index is 12.7. The molecule has 1 N–H and O–H groups in total. The molecule has 1 aliphatic rings. The first-order valence-electron chi connectivity index (χ1n) is 3.67. The van der Waals surface area contributed by atoms with Crippen LogP contribution in [0.5, 0.6) is 5.75 Å². The Kier molecular flexibility index (Phi) is 1.91. The van der Waals surface area contributed by atoms with Gasteiger partial charge in [0.05, 0.1) is 5.69 Å². The van der Waals surface area contributed by atoms with Gasteiger partial charge < -0.3 is 10.1 Å². The summed E-state index contributed by atoms with van der Waals surface area (Å²) in [5.41, 5.74) is 0.584. The molecule has 1 aromatic rings. The molecule has 0 unspecified atom stereocenters. The predicted octanol–water partition coefficient (Wildman–Crippen LogP) is 2.85. The Balaban J connectivity index is 2.37. The number of anilines is 1. The maximum atomic E-state index is 12.7. The van der Waals surface area contributed by atoms with Gasteiger partial charge in [0.2, 0.25) is 0 Å². The van der Waals surface area contributed by atoms with Gasteiger partial charge in [0.25, 0.3) is 0 Å². The molecule has 0 spiro atoms. The summed E-state index contributed by atoms with van der Waals surface area (Å²) in [5.74, 6) is 0.180. The van der Waals surface area contributed by atoms with Crippen LogP contribution in [0.2, 0.25) is 0 Å². The molecule has 0 saturated carbocycles. The van der Waals surface area contributed by atoms with Gasteiger partial charge in [0, 0.05) is 4.47 Å². The minimum Gasteiger partial charge on any atom is -0.429 e. The van der Waals surface area contributed by atoms with Crippen LogP contribution >= 0.6 is 15.9 Å². The van der Waals surface area contributed by atoms with Crippen LogP contribution in [-0.2, 0) is 0 Å². The van der Waals surface area contributed by atoms with E-state index in [9.17, 15) is 8.78 Å². The van der Waals surface area contributed by atoms with Gasteiger partial charge >= 0.3 is 6.11 Å². The van der Waals surface area contributed by atoms with Crippen LogP contribution in [-0.4, -0.2) is 12.7 Å². The van der Waals surface area contributed by atoms with E-state index in [4.69, 9.17) is 0 Å². The molecule has 0 radical (unpaired) electrons. The summed E-state index contributed by atoms with van der Waals surface area (Å²) in [6.07, 6.45) is -3.11. The van der Waals surface area contributed by atoms with Gasteiger partial charge in [-0.15, -0.1) is 0 Å². The van der Waals surface area contributed by atoms with Crippen molar-refractivity contribution in [1.82, 2.24) is 0 Å². The highest BCUT2D eigenvalue weighted by atomic mass is 79.9. The monoisotopic (exact) mass is 249 g/mol. The van der Waals surface area contributed by atoms with E-state index >= 15 is 0 Å². The molecule has 0 aromatic heterocycles. The summed E-state index contributed by atoms with van der Waals surface area (Å²) in [6, 6.07) is 4.85. The van der Waals surface area contributed by atoms with Crippen LogP contribution in [0, 0.1) is 0 Å². The molecule has 0 atom stereocenters. The van der Waals surface area contributed by atoms with Gasteiger partial charge in [-0.3, -0.25) is 0 Å². The van der Waals surface area contributed by atoms with Crippen LogP contribution in [0.15, 0.2) is 22.7 Å². The first kappa shape index (κ1) is 8.74. The minimum absolute atomic E-state index is 0.180. The maximum Gasteiger partial charge on any atom is 0.415 e. The third-order valence-corrected chi connectivity index (χ3v) is 2.18. The van der Waals surface area contributed by atoms with Gasteiger partial charge in [-0.1, -0.05) is 15.9 Å². The zero-order valence-corrected chi connectivity index (χ0v) is 8.07. The van der Waals surface area contributed by atoms with Gasteiger partial charge in [-0.05, 0) is 18.2 Å². The topological polar surface area (TPSA) is 21.3 Å². The molecule has 0 fully saturated rings. The number of benzene rings is 1. The molecule has 1 aliphatic heterocycles. The highest BCUT2D eigenvalue weighted by Crippen LogP contribution is 2.35. The molecule has 2 rings (SSSR count). The van der Waals surface area contributed by atoms with E-state index in [1.807, 2.05) is 0 Å². The van der Waals surface area contributed by atoms with Crippen molar-refractivity contribution < 1.29 is 13.5 Å². The van der Waals surface area contributed by atoms with Gasteiger partial charge in [0.15, 0.2) is 0 Å². The largest absolute Gasteiger partial charge is 0.429 e. The van der Waals surface area contributed by atoms with E-state index in [1.54, 1.807) is 12.1 Å². The van der Waals surface area contributed by atoms with Gasteiger partial charge in [-0.25, -0.2) is 0 Å². The van der Waals surface area contributed by atoms with Crippen molar-refractivity contribution >= 4 is 21.6 Å². The lowest BCUT2D eigenvalue weighted by Crippen LogP contribution is -2.37. The van der Waals surface area contributed by atoms with Gasteiger partial charge in [-0.2, -0.15) is 8.78 Å². The Morgan fingerprint density at radius 1 is 1.46 bits per heavy atom. The fraction of sp³-hybridized carbons (Fsp3) is 0.250. The lowest BCUT2D eigenvalue weighted by atomic mass is 10.2. The molecule has 5 heteroatoms. The van der Waals surface area contributed by atoms with Crippen LogP contribution in [0.1, 0.15) is 0 Å². The average molecular weight is 250 g/mol. The fourth-order valence-electron chi connectivity index (χ4n) is 1.12. The number of halogens is 3. The highest BCUT2D eigenvalue weighted by Gasteiger charge is 2.35. The van der Waals surface area contributed by atoms with Crippen LogP contribution < -0.4 is 10.1 Å². The number of alkyl halides is 2. The van der Waals surface area contributed by atoms with Crippen molar-refractivity contribution in [2.45, 2.75) is 6.11 Å². The smallest absolute Gasteiger partial charge is 0.415 e. The summed E-state index contributed by atoms with van der Waals surface area (Å²) < 4.78 is 30.7. The molecule has 70 valence electrons. The number of hydrogen-bond donors (Lipinski definition) is 1.